The lowest BCUT2D eigenvalue weighted by Gasteiger charge is -2.11. The summed E-state index contributed by atoms with van der Waals surface area (Å²) >= 11 is 0. The predicted octanol–water partition coefficient (Wildman–Crippen LogP) is 1.92. The number of nitrogens with zero attached hydrogens (tertiary/aromatic N) is 2. The number of hydrogen-bond acceptors (Lipinski definition) is 5. The number of nitrogens with two attached hydrogens (primary N) is 1. The molecule has 3 N–H and O–H groups in total. The Morgan fingerprint density at radius 2 is 1.67 bits per heavy atom. The molecule has 0 radical (unpaired) electrons. The maximum atomic E-state index is 13.6. The summed E-state index contributed by atoms with van der Waals surface area (Å²) in [6, 6.07) is 3.98. The van der Waals surface area contributed by atoms with Crippen LogP contribution in [-0.2, 0) is 10.0 Å². The van der Waals surface area contributed by atoms with Crippen LogP contribution in [0, 0.1) is 26.6 Å². The van der Waals surface area contributed by atoms with Gasteiger partial charge < -0.3 is 5.73 Å². The highest BCUT2D eigenvalue weighted by molar-refractivity contribution is 7.92. The van der Waals surface area contributed by atoms with Gasteiger partial charge in [-0.25, -0.2) is 27.5 Å². The Labute approximate surface area is 122 Å². The Bertz CT molecular complexity index is 786. The Balaban J connectivity index is 2.48. The molecule has 0 spiro atoms. The quantitative estimate of drug-likeness (QED) is 0.844. The largest absolute Gasteiger partial charge is 0.399 e. The molecule has 0 fully saturated rings. The lowest BCUT2D eigenvalue weighted by molar-refractivity contribution is 0.590. The van der Waals surface area contributed by atoms with Crippen molar-refractivity contribution in [1.82, 2.24) is 9.97 Å². The van der Waals surface area contributed by atoms with Crippen molar-refractivity contribution in [2.24, 2.45) is 0 Å². The van der Waals surface area contributed by atoms with Crippen molar-refractivity contribution < 1.29 is 12.8 Å². The number of benzene rings is 1. The number of nitrogens with one attached hydrogen (secondary N) is 1. The van der Waals surface area contributed by atoms with Gasteiger partial charge in [0, 0.05) is 22.6 Å². The highest BCUT2D eigenvalue weighted by Gasteiger charge is 2.21. The number of halogens is 1. The second kappa shape index (κ2) is 5.28. The van der Waals surface area contributed by atoms with Crippen LogP contribution < -0.4 is 10.5 Å². The van der Waals surface area contributed by atoms with Crippen LogP contribution in [0.5, 0.6) is 0 Å². The number of anilines is 2. The Morgan fingerprint density at radius 3 is 2.24 bits per heavy atom. The minimum absolute atomic E-state index is 0.0129. The second-order valence-electron chi connectivity index (χ2n) is 4.71. The molecule has 112 valence electrons. The lowest BCUT2D eigenvalue weighted by atomic mass is 10.2. The molecular weight excluding hydrogens is 295 g/mol. The summed E-state index contributed by atoms with van der Waals surface area (Å²) in [4.78, 5) is 7.75. The minimum Gasteiger partial charge on any atom is -0.399 e. The fraction of sp³-hybridized carbons (Fsp3) is 0.231. The van der Waals surface area contributed by atoms with E-state index in [2.05, 4.69) is 14.7 Å². The summed E-state index contributed by atoms with van der Waals surface area (Å²) in [6.07, 6.45) is 0. The summed E-state index contributed by atoms with van der Waals surface area (Å²) in [5.74, 6) is -0.744. The molecule has 0 bridgehead atoms. The van der Waals surface area contributed by atoms with Gasteiger partial charge in [-0.2, -0.15) is 0 Å². The van der Waals surface area contributed by atoms with Crippen molar-refractivity contribution in [1.29, 1.82) is 0 Å². The highest BCUT2D eigenvalue weighted by atomic mass is 32.2. The van der Waals surface area contributed by atoms with E-state index < -0.39 is 15.8 Å². The van der Waals surface area contributed by atoms with Crippen LogP contribution in [0.4, 0.5) is 16.0 Å². The SMILES string of the molecule is Cc1cc(C)nc(NS(=O)(=O)c2cc(N)cc(F)c2C)n1. The van der Waals surface area contributed by atoms with Gasteiger partial charge in [0.2, 0.25) is 5.95 Å². The predicted molar refractivity (Wildman–Crippen MR) is 77.9 cm³/mol. The van der Waals surface area contributed by atoms with E-state index in [1.54, 1.807) is 19.9 Å². The molecule has 0 unspecified atom stereocenters. The Morgan fingerprint density at radius 1 is 1.10 bits per heavy atom. The molecule has 1 heterocycles. The van der Waals surface area contributed by atoms with E-state index in [9.17, 15) is 12.8 Å². The molecule has 8 heteroatoms. The molecular formula is C13H15FN4O2S. The Hall–Kier alpha value is -2.22. The zero-order chi connectivity index (χ0) is 15.8. The van der Waals surface area contributed by atoms with E-state index >= 15 is 0 Å². The summed E-state index contributed by atoms with van der Waals surface area (Å²) < 4.78 is 40.5. The fourth-order valence-corrected chi connectivity index (χ4v) is 3.13. The third-order valence-electron chi connectivity index (χ3n) is 2.82. The third kappa shape index (κ3) is 3.27. The van der Waals surface area contributed by atoms with Crippen LogP contribution in [0.25, 0.3) is 0 Å². The van der Waals surface area contributed by atoms with Crippen LogP contribution in [0.1, 0.15) is 17.0 Å². The van der Waals surface area contributed by atoms with Crippen molar-refractivity contribution >= 4 is 21.7 Å². The van der Waals surface area contributed by atoms with E-state index in [0.29, 0.717) is 11.4 Å². The standard InChI is InChI=1S/C13H15FN4O2S/c1-7-4-8(2)17-13(16-7)18-21(19,20)12-6-10(15)5-11(14)9(12)3/h4-6H,15H2,1-3H3,(H,16,17,18). The number of aryl methyl sites for hydroxylation is 2. The molecule has 0 atom stereocenters. The van der Waals surface area contributed by atoms with Gasteiger partial charge in [-0.3, -0.25) is 0 Å². The van der Waals surface area contributed by atoms with Crippen LogP contribution >= 0.6 is 0 Å². The molecule has 0 aliphatic carbocycles. The first kappa shape index (κ1) is 15.2. The molecule has 6 nitrogen and oxygen atoms in total. The van der Waals surface area contributed by atoms with Crippen LogP contribution in [0.2, 0.25) is 0 Å². The van der Waals surface area contributed by atoms with E-state index in [4.69, 9.17) is 5.73 Å². The molecule has 0 saturated heterocycles. The highest BCUT2D eigenvalue weighted by Crippen LogP contribution is 2.23. The molecule has 0 saturated carbocycles. The zero-order valence-corrected chi connectivity index (χ0v) is 12.6. The van der Waals surface area contributed by atoms with Crippen molar-refractivity contribution in [3.63, 3.8) is 0 Å². The van der Waals surface area contributed by atoms with Crippen LogP contribution in [0.15, 0.2) is 23.1 Å². The van der Waals surface area contributed by atoms with Crippen molar-refractivity contribution in [3.05, 3.63) is 41.0 Å². The van der Waals surface area contributed by atoms with E-state index in [1.165, 1.54) is 13.0 Å². The van der Waals surface area contributed by atoms with Gasteiger partial charge in [0.25, 0.3) is 10.0 Å². The molecule has 1 aromatic heterocycles. The lowest BCUT2D eigenvalue weighted by Crippen LogP contribution is -2.17. The Kier molecular flexibility index (Phi) is 3.82. The number of nitrogen functional groups attached to an aromatic ring is 1. The van der Waals surface area contributed by atoms with Gasteiger partial charge in [-0.05, 0) is 39.0 Å². The second-order valence-corrected chi connectivity index (χ2v) is 6.36. The number of hydrogen-bond donors (Lipinski definition) is 2. The zero-order valence-electron chi connectivity index (χ0n) is 11.8. The summed E-state index contributed by atoms with van der Waals surface area (Å²) in [7, 11) is -4.02. The van der Waals surface area contributed by atoms with Crippen molar-refractivity contribution in [3.8, 4) is 0 Å². The first-order valence-electron chi connectivity index (χ1n) is 6.10. The monoisotopic (exact) mass is 310 g/mol. The maximum Gasteiger partial charge on any atom is 0.264 e. The van der Waals surface area contributed by atoms with E-state index in [0.717, 1.165) is 6.07 Å². The van der Waals surface area contributed by atoms with Crippen LogP contribution in [-0.4, -0.2) is 18.4 Å². The first-order valence-corrected chi connectivity index (χ1v) is 7.58. The maximum absolute atomic E-state index is 13.6. The fourth-order valence-electron chi connectivity index (χ4n) is 1.90. The van der Waals surface area contributed by atoms with E-state index in [1.807, 2.05) is 0 Å². The smallest absolute Gasteiger partial charge is 0.264 e. The average Bonchev–Trinajstić information content (AvgIpc) is 2.31. The number of rotatable bonds is 3. The van der Waals surface area contributed by atoms with Gasteiger partial charge in [0.15, 0.2) is 0 Å². The minimum atomic E-state index is -4.02. The summed E-state index contributed by atoms with van der Waals surface area (Å²) in [6.45, 7) is 4.81. The molecule has 2 aromatic rings. The van der Waals surface area contributed by atoms with Gasteiger partial charge in [-0.15, -0.1) is 0 Å². The van der Waals surface area contributed by atoms with Crippen LogP contribution in [0.3, 0.4) is 0 Å². The summed E-state index contributed by atoms with van der Waals surface area (Å²) in [5, 5.41) is 0. The molecule has 2 rings (SSSR count). The third-order valence-corrected chi connectivity index (χ3v) is 4.27. The van der Waals surface area contributed by atoms with Crippen molar-refractivity contribution in [2.75, 3.05) is 10.5 Å². The van der Waals surface area contributed by atoms with Gasteiger partial charge in [-0.1, -0.05) is 0 Å². The number of aromatic nitrogens is 2. The van der Waals surface area contributed by atoms with Gasteiger partial charge >= 0.3 is 0 Å². The summed E-state index contributed by atoms with van der Waals surface area (Å²) in [5.41, 5.74) is 6.76. The van der Waals surface area contributed by atoms with Gasteiger partial charge in [0.1, 0.15) is 5.82 Å². The number of sulfonamides is 1. The molecule has 0 aliphatic rings. The molecule has 21 heavy (non-hydrogen) atoms. The van der Waals surface area contributed by atoms with Crippen molar-refractivity contribution in [2.45, 2.75) is 25.7 Å². The molecule has 0 aliphatic heterocycles. The van der Waals surface area contributed by atoms with E-state index in [-0.39, 0.29) is 22.1 Å². The molecule has 0 amide bonds. The van der Waals surface area contributed by atoms with Gasteiger partial charge in [0.05, 0.1) is 4.90 Å². The topological polar surface area (TPSA) is 98.0 Å². The normalized spacial score (nSPS) is 11.4. The first-order chi connectivity index (χ1) is 9.69. The molecule has 1 aromatic carbocycles. The average molecular weight is 310 g/mol.